The zero-order chi connectivity index (χ0) is 8.36. The average molecular weight is 183 g/mol. The lowest BCUT2D eigenvalue weighted by Gasteiger charge is -1.99. The lowest BCUT2D eigenvalue weighted by molar-refractivity contribution is 0.614. The van der Waals surface area contributed by atoms with Crippen LogP contribution >= 0.6 is 10.7 Å². The maximum absolute atomic E-state index is 10.6. The van der Waals surface area contributed by atoms with Crippen LogP contribution in [-0.4, -0.2) is 8.42 Å². The summed E-state index contributed by atoms with van der Waals surface area (Å²) < 4.78 is 21.3. The van der Waals surface area contributed by atoms with Crippen LogP contribution in [0.1, 0.15) is 27.2 Å². The predicted molar refractivity (Wildman–Crippen MR) is 43.4 cm³/mol. The van der Waals surface area contributed by atoms with Crippen LogP contribution in [0.25, 0.3) is 0 Å². The lowest BCUT2D eigenvalue weighted by Crippen LogP contribution is -1.93. The van der Waals surface area contributed by atoms with E-state index in [4.69, 9.17) is 10.7 Å². The molecule has 60 valence electrons. The van der Waals surface area contributed by atoms with E-state index >= 15 is 0 Å². The van der Waals surface area contributed by atoms with Gasteiger partial charge in [-0.25, -0.2) is 8.42 Å². The molecular formula is C6H11ClO2S. The Kier molecular flexibility index (Phi) is 3.39. The summed E-state index contributed by atoms with van der Waals surface area (Å²) in [6.45, 7) is 5.16. The van der Waals surface area contributed by atoms with Crippen molar-refractivity contribution in [1.82, 2.24) is 0 Å². The normalized spacial score (nSPS) is 14.8. The van der Waals surface area contributed by atoms with Crippen LogP contribution < -0.4 is 0 Å². The van der Waals surface area contributed by atoms with Crippen molar-refractivity contribution in [1.29, 1.82) is 0 Å². The van der Waals surface area contributed by atoms with Crippen molar-refractivity contribution in [3.05, 3.63) is 10.5 Å². The molecule has 0 fully saturated rings. The summed E-state index contributed by atoms with van der Waals surface area (Å²) in [6, 6.07) is 0. The minimum atomic E-state index is -3.46. The summed E-state index contributed by atoms with van der Waals surface area (Å²) in [5.74, 6) is 0. The molecule has 0 N–H and O–H groups in total. The van der Waals surface area contributed by atoms with Crippen LogP contribution in [0.2, 0.25) is 0 Å². The second kappa shape index (κ2) is 3.39. The van der Waals surface area contributed by atoms with Crippen molar-refractivity contribution in [3.8, 4) is 0 Å². The molecule has 0 aliphatic rings. The standard InChI is InChI=1S/C6H11ClO2S/c1-4-5(2)6(3)10(7,8)9/h4H2,1-3H3/b6-5+. The van der Waals surface area contributed by atoms with E-state index in [-0.39, 0.29) is 4.91 Å². The van der Waals surface area contributed by atoms with E-state index < -0.39 is 9.05 Å². The third-order valence-corrected chi connectivity index (χ3v) is 3.27. The van der Waals surface area contributed by atoms with Crippen molar-refractivity contribution < 1.29 is 8.42 Å². The van der Waals surface area contributed by atoms with Gasteiger partial charge in [0.05, 0.1) is 4.91 Å². The van der Waals surface area contributed by atoms with Crippen molar-refractivity contribution in [3.63, 3.8) is 0 Å². The first kappa shape index (κ1) is 9.98. The van der Waals surface area contributed by atoms with Gasteiger partial charge in [0, 0.05) is 10.7 Å². The van der Waals surface area contributed by atoms with Gasteiger partial charge in [-0.15, -0.1) is 0 Å². The Morgan fingerprint density at radius 2 is 1.80 bits per heavy atom. The number of hydrogen-bond acceptors (Lipinski definition) is 2. The van der Waals surface area contributed by atoms with E-state index in [1.165, 1.54) is 6.92 Å². The van der Waals surface area contributed by atoms with Gasteiger partial charge in [0.1, 0.15) is 0 Å². The highest BCUT2D eigenvalue weighted by Gasteiger charge is 2.09. The summed E-state index contributed by atoms with van der Waals surface area (Å²) in [4.78, 5) is 0.275. The number of allylic oxidation sites excluding steroid dienone is 2. The molecule has 0 radical (unpaired) electrons. The van der Waals surface area contributed by atoms with Crippen LogP contribution in [0.15, 0.2) is 10.5 Å². The van der Waals surface area contributed by atoms with E-state index in [0.29, 0.717) is 0 Å². The monoisotopic (exact) mass is 182 g/mol. The van der Waals surface area contributed by atoms with Crippen molar-refractivity contribution in [2.75, 3.05) is 0 Å². The second-order valence-electron chi connectivity index (χ2n) is 2.13. The lowest BCUT2D eigenvalue weighted by atomic mass is 10.2. The topological polar surface area (TPSA) is 34.1 Å². The number of rotatable bonds is 2. The molecule has 0 unspecified atom stereocenters. The molecule has 0 aromatic heterocycles. The van der Waals surface area contributed by atoms with Gasteiger partial charge in [-0.2, -0.15) is 0 Å². The Bertz CT molecular complexity index is 238. The molecule has 0 bridgehead atoms. The molecule has 4 heteroatoms. The van der Waals surface area contributed by atoms with E-state index in [0.717, 1.165) is 12.0 Å². The molecular weight excluding hydrogens is 172 g/mol. The summed E-state index contributed by atoms with van der Waals surface area (Å²) in [5.41, 5.74) is 0.815. The smallest absolute Gasteiger partial charge is 0.207 e. The molecule has 10 heavy (non-hydrogen) atoms. The van der Waals surface area contributed by atoms with Gasteiger partial charge in [0.2, 0.25) is 0 Å². The molecule has 0 amide bonds. The predicted octanol–water partition coefficient (Wildman–Crippen LogP) is 2.26. The first-order chi connectivity index (χ1) is 4.39. The summed E-state index contributed by atoms with van der Waals surface area (Å²) >= 11 is 0. The van der Waals surface area contributed by atoms with Gasteiger partial charge in [0.25, 0.3) is 9.05 Å². The second-order valence-corrected chi connectivity index (χ2v) is 4.83. The molecule has 0 spiro atoms. The highest BCUT2D eigenvalue weighted by atomic mass is 35.7. The van der Waals surface area contributed by atoms with Crippen LogP contribution in [0.4, 0.5) is 0 Å². The van der Waals surface area contributed by atoms with Gasteiger partial charge in [0.15, 0.2) is 0 Å². The van der Waals surface area contributed by atoms with Crippen molar-refractivity contribution in [2.24, 2.45) is 0 Å². The Balaban J connectivity index is 4.84. The fraction of sp³-hybridized carbons (Fsp3) is 0.667. The quantitative estimate of drug-likeness (QED) is 0.614. The first-order valence-corrected chi connectivity index (χ1v) is 5.31. The first-order valence-electron chi connectivity index (χ1n) is 3.00. The highest BCUT2D eigenvalue weighted by molar-refractivity contribution is 8.16. The third kappa shape index (κ3) is 2.71. The molecule has 0 aliphatic carbocycles. The number of hydrogen-bond donors (Lipinski definition) is 0. The van der Waals surface area contributed by atoms with Gasteiger partial charge in [-0.05, 0) is 20.3 Å². The summed E-state index contributed by atoms with van der Waals surface area (Å²) in [6.07, 6.45) is 0.720. The molecule has 0 saturated heterocycles. The fourth-order valence-corrected chi connectivity index (χ4v) is 1.41. The fourth-order valence-electron chi connectivity index (χ4n) is 0.457. The molecule has 0 saturated carbocycles. The largest absolute Gasteiger partial charge is 0.257 e. The molecule has 0 rings (SSSR count). The SMILES string of the molecule is CC/C(C)=C(\C)S(=O)(=O)Cl. The maximum atomic E-state index is 10.6. The van der Waals surface area contributed by atoms with E-state index in [1.807, 2.05) is 6.92 Å². The van der Waals surface area contributed by atoms with Gasteiger partial charge in [-0.3, -0.25) is 0 Å². The van der Waals surface area contributed by atoms with Crippen LogP contribution in [0.3, 0.4) is 0 Å². The van der Waals surface area contributed by atoms with Crippen molar-refractivity contribution in [2.45, 2.75) is 27.2 Å². The van der Waals surface area contributed by atoms with Gasteiger partial charge < -0.3 is 0 Å². The summed E-state index contributed by atoms with van der Waals surface area (Å²) in [5, 5.41) is 0. The zero-order valence-electron chi connectivity index (χ0n) is 6.31. The van der Waals surface area contributed by atoms with Crippen molar-refractivity contribution >= 4 is 19.7 Å². The van der Waals surface area contributed by atoms with Crippen LogP contribution in [0.5, 0.6) is 0 Å². The molecule has 2 nitrogen and oxygen atoms in total. The van der Waals surface area contributed by atoms with E-state index in [2.05, 4.69) is 0 Å². The van der Waals surface area contributed by atoms with Crippen LogP contribution in [-0.2, 0) is 9.05 Å². The molecule has 0 aliphatic heterocycles. The third-order valence-electron chi connectivity index (χ3n) is 1.50. The van der Waals surface area contributed by atoms with E-state index in [1.54, 1.807) is 6.92 Å². The Morgan fingerprint density at radius 3 is 1.90 bits per heavy atom. The molecule has 0 aromatic carbocycles. The zero-order valence-corrected chi connectivity index (χ0v) is 7.88. The minimum Gasteiger partial charge on any atom is -0.207 e. The Hall–Kier alpha value is -0.0200. The van der Waals surface area contributed by atoms with Gasteiger partial charge >= 0.3 is 0 Å². The maximum Gasteiger partial charge on any atom is 0.257 e. The molecule has 0 atom stereocenters. The van der Waals surface area contributed by atoms with E-state index in [9.17, 15) is 8.42 Å². The minimum absolute atomic E-state index is 0.275. The molecule has 0 aromatic rings. The van der Waals surface area contributed by atoms with Gasteiger partial charge in [-0.1, -0.05) is 12.5 Å². The highest BCUT2D eigenvalue weighted by Crippen LogP contribution is 2.17. The van der Waals surface area contributed by atoms with Crippen LogP contribution in [0, 0.1) is 0 Å². The number of halogens is 1. The Morgan fingerprint density at radius 1 is 1.40 bits per heavy atom. The Labute approximate surface area is 66.3 Å². The molecule has 0 heterocycles. The average Bonchev–Trinajstić information content (AvgIpc) is 1.83. The summed E-state index contributed by atoms with van der Waals surface area (Å²) in [7, 11) is 1.61.